The van der Waals surface area contributed by atoms with Crippen LogP contribution in [-0.4, -0.2) is 11.8 Å². The lowest BCUT2D eigenvalue weighted by atomic mass is 10.1. The molecule has 0 aliphatic carbocycles. The van der Waals surface area contributed by atoms with Crippen molar-refractivity contribution in [3.63, 3.8) is 0 Å². The molecule has 0 unspecified atom stereocenters. The summed E-state index contributed by atoms with van der Waals surface area (Å²) >= 11 is 0. The fourth-order valence-electron chi connectivity index (χ4n) is 1.16. The van der Waals surface area contributed by atoms with Crippen molar-refractivity contribution in [3.05, 3.63) is 11.6 Å². The predicted octanol–water partition coefficient (Wildman–Crippen LogP) is 1.16. The maximum absolute atomic E-state index is 10.9. The third-order valence-corrected chi connectivity index (χ3v) is 1.83. The highest BCUT2D eigenvalue weighted by Gasteiger charge is 2.21. The predicted molar refractivity (Wildman–Crippen MR) is 44.4 cm³/mol. The standard InChI is InChI=1S/C9H12NO2/c1-2-3-4-5-7-6-8(11)10-9(7)12/h6H,2-5H2,1H3. The summed E-state index contributed by atoms with van der Waals surface area (Å²) in [5.74, 6) is -0.734. The van der Waals surface area contributed by atoms with Crippen LogP contribution in [0.5, 0.6) is 0 Å². The highest BCUT2D eigenvalue weighted by molar-refractivity contribution is 6.15. The fourth-order valence-corrected chi connectivity index (χ4v) is 1.16. The summed E-state index contributed by atoms with van der Waals surface area (Å²) in [6.07, 6.45) is 5.22. The second-order valence-corrected chi connectivity index (χ2v) is 2.88. The van der Waals surface area contributed by atoms with Crippen LogP contribution >= 0.6 is 0 Å². The summed E-state index contributed by atoms with van der Waals surface area (Å²) in [5.41, 5.74) is 0.577. The lowest BCUT2D eigenvalue weighted by Gasteiger charge is -1.96. The van der Waals surface area contributed by atoms with Crippen LogP contribution in [0.4, 0.5) is 0 Å². The third kappa shape index (κ3) is 2.19. The number of unbranched alkanes of at least 4 members (excludes halogenated alkanes) is 2. The smallest absolute Gasteiger partial charge is 0.267 e. The molecule has 0 saturated carbocycles. The van der Waals surface area contributed by atoms with E-state index in [1.807, 2.05) is 0 Å². The highest BCUT2D eigenvalue weighted by Crippen LogP contribution is 2.13. The van der Waals surface area contributed by atoms with Gasteiger partial charge in [0.2, 0.25) is 0 Å². The minimum absolute atomic E-state index is 0.337. The Hall–Kier alpha value is -1.12. The van der Waals surface area contributed by atoms with Crippen molar-refractivity contribution in [1.82, 2.24) is 5.32 Å². The molecule has 65 valence electrons. The first-order valence-corrected chi connectivity index (χ1v) is 4.24. The second kappa shape index (κ2) is 4.04. The Bertz CT molecular complexity index is 231. The summed E-state index contributed by atoms with van der Waals surface area (Å²) in [4.78, 5) is 21.6. The van der Waals surface area contributed by atoms with Gasteiger partial charge in [-0.15, -0.1) is 0 Å². The van der Waals surface area contributed by atoms with E-state index in [0.29, 0.717) is 12.0 Å². The number of hydrogen-bond acceptors (Lipinski definition) is 2. The summed E-state index contributed by atoms with van der Waals surface area (Å²) in [7, 11) is 0. The molecule has 0 bridgehead atoms. The van der Waals surface area contributed by atoms with Crippen LogP contribution in [0.3, 0.4) is 0 Å². The molecule has 0 fully saturated rings. The van der Waals surface area contributed by atoms with E-state index in [-0.39, 0.29) is 5.91 Å². The Balaban J connectivity index is 2.36. The topological polar surface area (TPSA) is 48.2 Å². The van der Waals surface area contributed by atoms with E-state index in [4.69, 9.17) is 0 Å². The van der Waals surface area contributed by atoms with E-state index in [1.54, 1.807) is 0 Å². The highest BCUT2D eigenvalue weighted by atomic mass is 16.2. The van der Waals surface area contributed by atoms with Crippen molar-refractivity contribution in [3.8, 4) is 0 Å². The molecular formula is C9H12NO2. The SMILES string of the molecule is CCCCCC1=CC(=O)[N]C1=O. The van der Waals surface area contributed by atoms with E-state index in [9.17, 15) is 9.59 Å². The summed E-state index contributed by atoms with van der Waals surface area (Å²) in [6, 6.07) is 0. The molecule has 1 heterocycles. The van der Waals surface area contributed by atoms with Crippen molar-refractivity contribution in [1.29, 1.82) is 0 Å². The van der Waals surface area contributed by atoms with Gasteiger partial charge in [-0.25, -0.2) is 0 Å². The molecule has 1 rings (SSSR count). The zero-order valence-electron chi connectivity index (χ0n) is 7.17. The van der Waals surface area contributed by atoms with Crippen LogP contribution < -0.4 is 5.32 Å². The Morgan fingerprint density at radius 1 is 1.33 bits per heavy atom. The van der Waals surface area contributed by atoms with Gasteiger partial charge in [-0.2, -0.15) is 5.32 Å². The van der Waals surface area contributed by atoms with Gasteiger partial charge < -0.3 is 0 Å². The first-order valence-electron chi connectivity index (χ1n) is 4.24. The summed E-state index contributed by atoms with van der Waals surface area (Å²) in [6.45, 7) is 2.10. The molecule has 1 radical (unpaired) electrons. The minimum Gasteiger partial charge on any atom is -0.267 e. The number of nitrogens with zero attached hydrogens (tertiary/aromatic N) is 1. The molecular weight excluding hydrogens is 154 g/mol. The molecule has 1 aliphatic rings. The molecule has 0 N–H and O–H groups in total. The van der Waals surface area contributed by atoms with Gasteiger partial charge in [-0.05, 0) is 12.8 Å². The molecule has 3 heteroatoms. The average Bonchev–Trinajstić information content (AvgIpc) is 2.31. The molecule has 0 spiro atoms. The number of carbonyl (C=O) groups is 2. The maximum atomic E-state index is 10.9. The molecule has 3 nitrogen and oxygen atoms in total. The van der Waals surface area contributed by atoms with E-state index in [2.05, 4.69) is 12.2 Å². The van der Waals surface area contributed by atoms with Gasteiger partial charge in [-0.1, -0.05) is 19.8 Å². The number of carbonyl (C=O) groups excluding carboxylic acids is 2. The molecule has 1 aliphatic heterocycles. The monoisotopic (exact) mass is 166 g/mol. The summed E-state index contributed by atoms with van der Waals surface area (Å²) < 4.78 is 0. The number of rotatable bonds is 4. The maximum Gasteiger partial charge on any atom is 0.276 e. The lowest BCUT2D eigenvalue weighted by molar-refractivity contribution is -0.124. The van der Waals surface area contributed by atoms with Gasteiger partial charge in [0.1, 0.15) is 0 Å². The third-order valence-electron chi connectivity index (χ3n) is 1.83. The quantitative estimate of drug-likeness (QED) is 0.465. The van der Waals surface area contributed by atoms with Crippen LogP contribution in [0.1, 0.15) is 32.6 Å². The molecule has 0 atom stereocenters. The normalized spacial score (nSPS) is 16.2. The van der Waals surface area contributed by atoms with Crippen molar-refractivity contribution >= 4 is 11.8 Å². The van der Waals surface area contributed by atoms with Crippen molar-refractivity contribution in [2.45, 2.75) is 32.6 Å². The Morgan fingerprint density at radius 3 is 2.58 bits per heavy atom. The number of imide groups is 1. The number of hydrogen-bond donors (Lipinski definition) is 0. The first kappa shape index (κ1) is 8.97. The molecule has 12 heavy (non-hydrogen) atoms. The molecule has 0 aromatic heterocycles. The van der Waals surface area contributed by atoms with Crippen LogP contribution in [0.15, 0.2) is 11.6 Å². The fraction of sp³-hybridized carbons (Fsp3) is 0.556. The lowest BCUT2D eigenvalue weighted by Crippen LogP contribution is -2.13. The van der Waals surface area contributed by atoms with Crippen LogP contribution in [0.25, 0.3) is 0 Å². The van der Waals surface area contributed by atoms with Gasteiger partial charge in [0.25, 0.3) is 11.8 Å². The molecule has 0 saturated heterocycles. The van der Waals surface area contributed by atoms with Crippen molar-refractivity contribution < 1.29 is 9.59 Å². The Kier molecular flexibility index (Phi) is 3.02. The van der Waals surface area contributed by atoms with E-state index in [1.165, 1.54) is 6.08 Å². The Morgan fingerprint density at radius 2 is 2.08 bits per heavy atom. The van der Waals surface area contributed by atoms with Gasteiger partial charge in [-0.3, -0.25) is 9.59 Å². The molecule has 0 aromatic rings. The van der Waals surface area contributed by atoms with Gasteiger partial charge >= 0.3 is 0 Å². The minimum atomic E-state index is -0.397. The van der Waals surface area contributed by atoms with E-state index < -0.39 is 5.91 Å². The van der Waals surface area contributed by atoms with Gasteiger partial charge in [0, 0.05) is 11.6 Å². The average molecular weight is 166 g/mol. The van der Waals surface area contributed by atoms with Crippen LogP contribution in [0.2, 0.25) is 0 Å². The second-order valence-electron chi connectivity index (χ2n) is 2.88. The van der Waals surface area contributed by atoms with E-state index >= 15 is 0 Å². The molecule has 2 amide bonds. The Labute approximate surface area is 71.8 Å². The zero-order valence-corrected chi connectivity index (χ0v) is 7.17. The van der Waals surface area contributed by atoms with Crippen LogP contribution in [0, 0.1) is 0 Å². The molecule has 0 aromatic carbocycles. The zero-order chi connectivity index (χ0) is 8.97. The van der Waals surface area contributed by atoms with Crippen LogP contribution in [-0.2, 0) is 9.59 Å². The number of amides is 2. The van der Waals surface area contributed by atoms with Crippen molar-refractivity contribution in [2.75, 3.05) is 0 Å². The largest absolute Gasteiger partial charge is 0.276 e. The van der Waals surface area contributed by atoms with Gasteiger partial charge in [0.15, 0.2) is 0 Å². The van der Waals surface area contributed by atoms with Crippen molar-refractivity contribution in [2.24, 2.45) is 0 Å². The summed E-state index contributed by atoms with van der Waals surface area (Å²) in [5, 5.41) is 3.28. The van der Waals surface area contributed by atoms with Gasteiger partial charge in [0.05, 0.1) is 0 Å². The van der Waals surface area contributed by atoms with E-state index in [0.717, 1.165) is 19.3 Å². The first-order chi connectivity index (χ1) is 5.74.